The van der Waals surface area contributed by atoms with Gasteiger partial charge in [0.2, 0.25) is 5.91 Å². The van der Waals surface area contributed by atoms with Gasteiger partial charge in [-0.2, -0.15) is 0 Å². The van der Waals surface area contributed by atoms with Gasteiger partial charge >= 0.3 is 0 Å². The van der Waals surface area contributed by atoms with E-state index in [1.54, 1.807) is 31.2 Å². The number of imide groups is 1. The second-order valence-corrected chi connectivity index (χ2v) is 16.0. The summed E-state index contributed by atoms with van der Waals surface area (Å²) in [4.78, 5) is 50.2. The number of carbonyl (C=O) groups is 3. The van der Waals surface area contributed by atoms with Crippen LogP contribution < -0.4 is 24.4 Å². The third-order valence-electron chi connectivity index (χ3n) is 9.74. The van der Waals surface area contributed by atoms with E-state index in [4.69, 9.17) is 9.47 Å². The Bertz CT molecular complexity index is 2100. The van der Waals surface area contributed by atoms with E-state index in [0.717, 1.165) is 30.1 Å². The number of aromatic nitrogens is 1. The molecule has 1 fully saturated rings. The topological polar surface area (TPSA) is 150 Å². The average Bonchev–Trinajstić information content (AvgIpc) is 3.66. The molecule has 0 saturated carbocycles. The molecule has 1 saturated heterocycles. The van der Waals surface area contributed by atoms with Crippen molar-refractivity contribution in [2.75, 3.05) is 57.2 Å². The van der Waals surface area contributed by atoms with Crippen LogP contribution in [0.1, 0.15) is 76.3 Å². The fourth-order valence-electron chi connectivity index (χ4n) is 7.03. The number of nitrogens with zero attached hydrogens (tertiary/aromatic N) is 4. The van der Waals surface area contributed by atoms with Gasteiger partial charge in [-0.05, 0) is 62.1 Å². The molecule has 6 rings (SSSR count). The molecule has 53 heavy (non-hydrogen) atoms. The van der Waals surface area contributed by atoms with Gasteiger partial charge in [-0.3, -0.25) is 24.2 Å². The van der Waals surface area contributed by atoms with E-state index in [2.05, 4.69) is 43.9 Å². The summed E-state index contributed by atoms with van der Waals surface area (Å²) in [7, 11) is -0.915. The molecular formula is C38H44N6O7S2. The highest BCUT2D eigenvalue weighted by Gasteiger charge is 2.43. The highest BCUT2D eigenvalue weighted by Crippen LogP contribution is 2.41. The lowest BCUT2D eigenvalue weighted by Crippen LogP contribution is -2.47. The highest BCUT2D eigenvalue weighted by atomic mass is 32.2. The molecule has 2 aliphatic rings. The molecule has 4 aromatic rings. The number of sulfonamides is 1. The number of nitrogens with one attached hydrogen (secondary N) is 2. The Balaban J connectivity index is 1.22. The second kappa shape index (κ2) is 16.0. The first-order chi connectivity index (χ1) is 25.4. The van der Waals surface area contributed by atoms with E-state index >= 15 is 0 Å². The molecule has 280 valence electrons. The van der Waals surface area contributed by atoms with Crippen molar-refractivity contribution in [3.63, 3.8) is 0 Å². The molecule has 2 atom stereocenters. The molecule has 0 spiro atoms. The fourth-order valence-corrected chi connectivity index (χ4v) is 9.61. The summed E-state index contributed by atoms with van der Waals surface area (Å²) >= 11 is 0.867. The number of piperazine rings is 1. The molecule has 0 bridgehead atoms. The number of methoxy groups -OCH3 is 2. The summed E-state index contributed by atoms with van der Waals surface area (Å²) in [5, 5.41) is 2.71. The Morgan fingerprint density at radius 1 is 0.925 bits per heavy atom. The SMILES string of the molecule is COc1ccc(C(CCCNS(=O)(=O)c2sc(NC(C)=O)nc2C)N2C(=O)c3cccc(N4CCN(C(C)c5ccccc5)CC4)c3C2=O)cc1OC. The maximum absolute atomic E-state index is 14.5. The van der Waals surface area contributed by atoms with E-state index in [0.29, 0.717) is 41.3 Å². The van der Waals surface area contributed by atoms with Crippen LogP contribution in [0.2, 0.25) is 0 Å². The number of amides is 3. The van der Waals surface area contributed by atoms with Crippen molar-refractivity contribution in [3.05, 3.63) is 94.7 Å². The van der Waals surface area contributed by atoms with Gasteiger partial charge in [0.25, 0.3) is 21.8 Å². The van der Waals surface area contributed by atoms with Crippen LogP contribution in [0.25, 0.3) is 0 Å². The number of anilines is 2. The molecule has 3 aromatic carbocycles. The lowest BCUT2D eigenvalue weighted by atomic mass is 9.99. The Morgan fingerprint density at radius 3 is 2.32 bits per heavy atom. The third kappa shape index (κ3) is 7.93. The zero-order valence-corrected chi connectivity index (χ0v) is 32.1. The van der Waals surface area contributed by atoms with Crippen LogP contribution >= 0.6 is 11.3 Å². The number of fused-ring (bicyclic) bond motifs is 1. The smallest absolute Gasteiger partial charge is 0.264 e. The molecule has 15 heteroatoms. The average molecular weight is 761 g/mol. The minimum absolute atomic E-state index is 0.000856. The first-order valence-electron chi connectivity index (χ1n) is 17.4. The third-order valence-corrected chi connectivity index (χ3v) is 12.9. The van der Waals surface area contributed by atoms with E-state index in [1.165, 1.54) is 31.6 Å². The van der Waals surface area contributed by atoms with Crippen molar-refractivity contribution in [1.29, 1.82) is 0 Å². The standard InChI is InChI=1S/C38H44N6O7S2/c1-24-37(52-38(40-24)41-26(3)45)53(48,49)39-18-10-15-30(28-16-17-32(50-4)33(23-28)51-5)44-35(46)29-13-9-14-31(34(29)36(44)47)43-21-19-42(20-22-43)25(2)27-11-7-6-8-12-27/h6-9,11-14,16-17,23,25,30,39H,10,15,18-22H2,1-5H3,(H,40,41,45). The quantitative estimate of drug-likeness (QED) is 0.126. The lowest BCUT2D eigenvalue weighted by molar-refractivity contribution is -0.114. The van der Waals surface area contributed by atoms with Crippen LogP contribution in [-0.4, -0.2) is 87.9 Å². The molecular weight excluding hydrogens is 717 g/mol. The maximum atomic E-state index is 14.5. The Labute approximate surface area is 314 Å². The Kier molecular flexibility index (Phi) is 11.5. The second-order valence-electron chi connectivity index (χ2n) is 13.0. The summed E-state index contributed by atoms with van der Waals surface area (Å²) in [5.74, 6) is -0.229. The van der Waals surface area contributed by atoms with Crippen molar-refractivity contribution in [2.45, 2.75) is 49.9 Å². The molecule has 1 aromatic heterocycles. The number of hydrogen-bond donors (Lipinski definition) is 2. The van der Waals surface area contributed by atoms with Gasteiger partial charge in [-0.25, -0.2) is 18.1 Å². The zero-order chi connectivity index (χ0) is 37.9. The number of rotatable bonds is 14. The minimum atomic E-state index is -3.95. The summed E-state index contributed by atoms with van der Waals surface area (Å²) in [5.41, 5.74) is 3.61. The lowest BCUT2D eigenvalue weighted by Gasteiger charge is -2.39. The van der Waals surface area contributed by atoms with E-state index in [-0.39, 0.29) is 46.4 Å². The molecule has 2 unspecified atom stereocenters. The van der Waals surface area contributed by atoms with Gasteiger partial charge in [0.1, 0.15) is 0 Å². The van der Waals surface area contributed by atoms with Gasteiger partial charge in [-0.15, -0.1) is 0 Å². The Hall–Kier alpha value is -4.83. The van der Waals surface area contributed by atoms with Crippen LogP contribution in [0, 0.1) is 6.92 Å². The van der Waals surface area contributed by atoms with Crippen molar-refractivity contribution in [3.8, 4) is 11.5 Å². The van der Waals surface area contributed by atoms with E-state index in [1.807, 2.05) is 30.3 Å². The van der Waals surface area contributed by atoms with Gasteiger partial charge < -0.3 is 19.7 Å². The summed E-state index contributed by atoms with van der Waals surface area (Å²) in [6, 6.07) is 20.6. The summed E-state index contributed by atoms with van der Waals surface area (Å²) in [6.45, 7) is 8.09. The predicted octanol–water partition coefficient (Wildman–Crippen LogP) is 5.41. The van der Waals surface area contributed by atoms with Crippen LogP contribution in [0.5, 0.6) is 11.5 Å². The maximum Gasteiger partial charge on any atom is 0.264 e. The van der Waals surface area contributed by atoms with E-state index < -0.39 is 27.9 Å². The number of benzene rings is 3. The van der Waals surface area contributed by atoms with Crippen LogP contribution in [0.4, 0.5) is 10.8 Å². The van der Waals surface area contributed by atoms with Crippen molar-refractivity contribution >= 4 is 49.9 Å². The summed E-state index contributed by atoms with van der Waals surface area (Å²) in [6.07, 6.45) is 0.546. The zero-order valence-electron chi connectivity index (χ0n) is 30.4. The molecule has 3 amide bonds. The molecule has 0 aliphatic carbocycles. The van der Waals surface area contributed by atoms with Crippen molar-refractivity contribution in [1.82, 2.24) is 19.5 Å². The van der Waals surface area contributed by atoms with Crippen molar-refractivity contribution < 1.29 is 32.3 Å². The molecule has 0 radical (unpaired) electrons. The van der Waals surface area contributed by atoms with Gasteiger partial charge in [0.15, 0.2) is 20.8 Å². The van der Waals surface area contributed by atoms with Crippen molar-refractivity contribution in [2.24, 2.45) is 0 Å². The molecule has 2 N–H and O–H groups in total. The molecule has 2 aliphatic heterocycles. The van der Waals surface area contributed by atoms with Crippen LogP contribution in [0.15, 0.2) is 70.9 Å². The van der Waals surface area contributed by atoms with E-state index in [9.17, 15) is 22.8 Å². The fraction of sp³-hybridized carbons (Fsp3) is 0.368. The highest BCUT2D eigenvalue weighted by molar-refractivity contribution is 7.91. The monoisotopic (exact) mass is 760 g/mol. The first kappa shape index (κ1) is 37.9. The minimum Gasteiger partial charge on any atom is -0.493 e. The Morgan fingerprint density at radius 2 is 1.64 bits per heavy atom. The number of aryl methyl sites for hydroxylation is 1. The largest absolute Gasteiger partial charge is 0.493 e. The number of ether oxygens (including phenoxy) is 2. The number of carbonyl (C=O) groups excluding carboxylic acids is 3. The summed E-state index contributed by atoms with van der Waals surface area (Å²) < 4.78 is 40.1. The number of thiazole rings is 1. The molecule has 3 heterocycles. The molecule has 13 nitrogen and oxygen atoms in total. The van der Waals surface area contributed by atoms with Gasteiger partial charge in [-0.1, -0.05) is 53.8 Å². The van der Waals surface area contributed by atoms with Crippen LogP contribution in [0.3, 0.4) is 0 Å². The van der Waals surface area contributed by atoms with Gasteiger partial charge in [0.05, 0.1) is 42.8 Å². The predicted molar refractivity (Wildman–Crippen MR) is 203 cm³/mol. The number of hydrogen-bond acceptors (Lipinski definition) is 11. The normalized spacial score (nSPS) is 16.0. The van der Waals surface area contributed by atoms with Crippen LogP contribution in [-0.2, 0) is 14.8 Å². The first-order valence-corrected chi connectivity index (χ1v) is 19.7. The van der Waals surface area contributed by atoms with Gasteiger partial charge in [0, 0.05) is 45.7 Å².